The number of rotatable bonds is 14. The van der Waals surface area contributed by atoms with Gasteiger partial charge in [-0.2, -0.15) is 0 Å². The van der Waals surface area contributed by atoms with Gasteiger partial charge in [-0.15, -0.1) is 6.42 Å². The molecular formula is C43H39N3O8. The number of fused-ring (bicyclic) bond motifs is 2. The quantitative estimate of drug-likeness (QED) is 0.0578. The minimum absolute atomic E-state index is 0.0113. The molecule has 0 fully saturated rings. The van der Waals surface area contributed by atoms with Gasteiger partial charge in [-0.3, -0.25) is 19.2 Å². The van der Waals surface area contributed by atoms with Crippen LogP contribution in [0.2, 0.25) is 0 Å². The molecule has 1 heterocycles. The second kappa shape index (κ2) is 18.1. The summed E-state index contributed by atoms with van der Waals surface area (Å²) < 4.78 is 5.87. The third-order valence-corrected chi connectivity index (χ3v) is 8.74. The molecule has 2 aliphatic rings. The smallest absolute Gasteiger partial charge is 0.336 e. The Morgan fingerprint density at radius 1 is 0.852 bits per heavy atom. The number of amides is 3. The van der Waals surface area contributed by atoms with Crippen LogP contribution in [0.3, 0.4) is 0 Å². The number of carbonyl (C=O) groups is 4. The fourth-order valence-electron chi connectivity index (χ4n) is 5.98. The molecule has 11 heteroatoms. The van der Waals surface area contributed by atoms with E-state index >= 15 is 0 Å². The Kier molecular flexibility index (Phi) is 12.8. The summed E-state index contributed by atoms with van der Waals surface area (Å²) in [7, 11) is 0. The lowest BCUT2D eigenvalue weighted by atomic mass is 9.90. The van der Waals surface area contributed by atoms with Crippen LogP contribution in [0.4, 0.5) is 0 Å². The Morgan fingerprint density at radius 3 is 2.39 bits per heavy atom. The van der Waals surface area contributed by atoms with Gasteiger partial charge in [0.15, 0.2) is 5.43 Å². The van der Waals surface area contributed by atoms with Crippen molar-refractivity contribution in [3.63, 3.8) is 0 Å². The molecule has 3 aromatic rings. The number of terminal acetylenes is 1. The number of aromatic hydroxyl groups is 1. The average Bonchev–Trinajstić information content (AvgIpc) is 3.16. The summed E-state index contributed by atoms with van der Waals surface area (Å²) >= 11 is 0. The third kappa shape index (κ3) is 9.93. The maximum Gasteiger partial charge on any atom is 0.336 e. The van der Waals surface area contributed by atoms with E-state index in [0.29, 0.717) is 41.5 Å². The first-order valence-electron chi connectivity index (χ1n) is 17.4. The molecular weight excluding hydrogens is 686 g/mol. The summed E-state index contributed by atoms with van der Waals surface area (Å²) in [6, 6.07) is 20.5. The predicted octanol–water partition coefficient (Wildman–Crippen LogP) is 5.35. The van der Waals surface area contributed by atoms with E-state index in [9.17, 15) is 34.2 Å². The Labute approximate surface area is 312 Å². The average molecular weight is 726 g/mol. The van der Waals surface area contributed by atoms with Crippen LogP contribution in [-0.4, -0.2) is 53.5 Å². The number of aromatic carboxylic acids is 1. The second-order valence-corrected chi connectivity index (χ2v) is 12.8. The fraction of sp³-hybridized carbons (Fsp3) is 0.233. The lowest BCUT2D eigenvalue weighted by Crippen LogP contribution is -2.31. The molecule has 54 heavy (non-hydrogen) atoms. The predicted molar refractivity (Wildman–Crippen MR) is 205 cm³/mol. The summed E-state index contributed by atoms with van der Waals surface area (Å²) in [4.78, 5) is 61.8. The summed E-state index contributed by atoms with van der Waals surface area (Å²) in [5, 5.41) is 29.0. The van der Waals surface area contributed by atoms with Gasteiger partial charge in [0.1, 0.15) is 17.1 Å². The zero-order chi connectivity index (χ0) is 38.6. The number of hydrogen-bond donors (Lipinski definition) is 5. The third-order valence-electron chi connectivity index (χ3n) is 8.74. The zero-order valence-corrected chi connectivity index (χ0v) is 29.7. The topological polar surface area (TPSA) is 175 Å². The Bertz CT molecular complexity index is 2330. The summed E-state index contributed by atoms with van der Waals surface area (Å²) in [5.74, 6) is 6.33. The van der Waals surface area contributed by atoms with E-state index in [1.807, 2.05) is 31.2 Å². The molecule has 1 unspecified atom stereocenters. The number of carboxylic acids is 1. The van der Waals surface area contributed by atoms with Gasteiger partial charge in [-0.05, 0) is 78.9 Å². The molecule has 0 radical (unpaired) electrons. The number of phenolic OH excluding ortho intramolecular Hbond substituents is 1. The standard InChI is InChI=1S/C43H39N3O8/c1-3-20-44-39(49)9-5-4-6-21-45-41(50)27(2)23-29-12-10-28(11-13-29)8-7-22-46-42(51)30-14-17-33(36(24-30)43(52)53)40-34-18-15-31(47)25-37(34)54-38-26-32(48)16-19-35(38)40/h1,10-19,24-27,47H,4-6,9,20-23H2,2H3,(H,44,49)(H,45,50)(H,46,51)(H,52,53). The molecule has 3 aromatic carbocycles. The van der Waals surface area contributed by atoms with E-state index in [1.54, 1.807) is 12.1 Å². The van der Waals surface area contributed by atoms with Crippen molar-refractivity contribution >= 4 is 34.7 Å². The Hall–Kier alpha value is -6.85. The highest BCUT2D eigenvalue weighted by Crippen LogP contribution is 2.42. The molecule has 11 nitrogen and oxygen atoms in total. The van der Waals surface area contributed by atoms with E-state index in [0.717, 1.165) is 30.4 Å². The van der Waals surface area contributed by atoms with Crippen molar-refractivity contribution in [1.82, 2.24) is 16.0 Å². The molecule has 1 aliphatic carbocycles. The number of carbonyl (C=O) groups excluding carboxylic acids is 3. The lowest BCUT2D eigenvalue weighted by molar-refractivity contribution is -0.124. The maximum absolute atomic E-state index is 13.0. The van der Waals surface area contributed by atoms with Crippen LogP contribution in [-0.2, 0) is 16.0 Å². The van der Waals surface area contributed by atoms with E-state index in [1.165, 1.54) is 42.5 Å². The number of phenols is 1. The van der Waals surface area contributed by atoms with Crippen LogP contribution >= 0.6 is 0 Å². The van der Waals surface area contributed by atoms with Gasteiger partial charge in [0.2, 0.25) is 11.8 Å². The van der Waals surface area contributed by atoms with E-state index in [2.05, 4.69) is 33.7 Å². The van der Waals surface area contributed by atoms with Gasteiger partial charge < -0.3 is 30.6 Å². The van der Waals surface area contributed by atoms with E-state index in [4.69, 9.17) is 10.8 Å². The highest BCUT2D eigenvalue weighted by Gasteiger charge is 2.23. The number of hydrogen-bond acceptors (Lipinski definition) is 7. The number of benzene rings is 4. The number of nitrogens with one attached hydrogen (secondary N) is 3. The second-order valence-electron chi connectivity index (χ2n) is 12.8. The molecule has 0 saturated heterocycles. The van der Waals surface area contributed by atoms with Crippen molar-refractivity contribution in [1.29, 1.82) is 0 Å². The van der Waals surface area contributed by atoms with Crippen molar-refractivity contribution in [3.8, 4) is 52.4 Å². The van der Waals surface area contributed by atoms with Gasteiger partial charge in [0.05, 0.1) is 18.7 Å². The van der Waals surface area contributed by atoms with Crippen LogP contribution in [0.25, 0.3) is 33.4 Å². The van der Waals surface area contributed by atoms with Crippen LogP contribution in [0.15, 0.2) is 88.1 Å². The van der Waals surface area contributed by atoms with Crippen molar-refractivity contribution in [2.75, 3.05) is 19.6 Å². The van der Waals surface area contributed by atoms with E-state index in [-0.39, 0.29) is 64.5 Å². The first kappa shape index (κ1) is 38.4. The fourth-order valence-corrected chi connectivity index (χ4v) is 5.98. The van der Waals surface area contributed by atoms with Crippen molar-refractivity contribution in [2.45, 2.75) is 39.0 Å². The number of carboxylic acid groups (broad SMARTS) is 1. The van der Waals surface area contributed by atoms with Gasteiger partial charge >= 0.3 is 5.97 Å². The Morgan fingerprint density at radius 2 is 1.63 bits per heavy atom. The zero-order valence-electron chi connectivity index (χ0n) is 29.7. The molecule has 274 valence electrons. The Balaban J connectivity index is 1.16. The van der Waals surface area contributed by atoms with Crippen molar-refractivity contribution in [3.05, 3.63) is 111 Å². The lowest BCUT2D eigenvalue weighted by Gasteiger charge is -2.17. The maximum atomic E-state index is 13.0. The largest absolute Gasteiger partial charge is 0.508 e. The summed E-state index contributed by atoms with van der Waals surface area (Å²) in [6.07, 6.45) is 8.43. The van der Waals surface area contributed by atoms with E-state index < -0.39 is 11.9 Å². The molecule has 3 amide bonds. The minimum atomic E-state index is -1.26. The molecule has 0 spiro atoms. The highest BCUT2D eigenvalue weighted by atomic mass is 16.4. The monoisotopic (exact) mass is 725 g/mol. The minimum Gasteiger partial charge on any atom is -0.508 e. The van der Waals surface area contributed by atoms with Gasteiger partial charge in [0, 0.05) is 58.7 Å². The highest BCUT2D eigenvalue weighted by molar-refractivity contribution is 6.09. The first-order chi connectivity index (χ1) is 26.0. The van der Waals surface area contributed by atoms with Crippen LogP contribution < -0.4 is 21.4 Å². The van der Waals surface area contributed by atoms with Crippen LogP contribution in [0.1, 0.15) is 64.4 Å². The molecule has 0 saturated carbocycles. The molecule has 0 bridgehead atoms. The summed E-state index contributed by atoms with van der Waals surface area (Å²) in [6.45, 7) is 2.65. The molecule has 1 aliphatic heterocycles. The van der Waals surface area contributed by atoms with Gasteiger partial charge in [0.25, 0.3) is 5.91 Å². The van der Waals surface area contributed by atoms with Crippen LogP contribution in [0.5, 0.6) is 5.75 Å². The molecule has 1 atom stereocenters. The first-order valence-corrected chi connectivity index (χ1v) is 17.4. The normalized spacial score (nSPS) is 11.2. The van der Waals surface area contributed by atoms with Gasteiger partial charge in [-0.1, -0.05) is 49.3 Å². The van der Waals surface area contributed by atoms with Gasteiger partial charge in [-0.25, -0.2) is 4.79 Å². The van der Waals surface area contributed by atoms with Crippen molar-refractivity contribution in [2.24, 2.45) is 5.92 Å². The summed E-state index contributed by atoms with van der Waals surface area (Å²) in [5.41, 5.74) is 2.93. The SMILES string of the molecule is C#CCNC(=O)CCCCCNC(=O)C(C)Cc1ccc(C#CCNC(=O)c2ccc(-c3c4ccc(=O)cc-4oc4cc(O)ccc34)c(C(=O)O)c2)cc1. The number of unbranched alkanes of at least 4 members (excludes halogenated alkanes) is 2. The molecule has 5 N–H and O–H groups in total. The van der Waals surface area contributed by atoms with Crippen molar-refractivity contribution < 1.29 is 33.8 Å². The van der Waals surface area contributed by atoms with Crippen LogP contribution in [0, 0.1) is 30.1 Å². The molecule has 0 aromatic heterocycles. The molecule has 5 rings (SSSR count).